The molecule has 5 heteroatoms. The van der Waals surface area contributed by atoms with Gasteiger partial charge in [0.05, 0.1) is 12.0 Å². The zero-order valence-corrected chi connectivity index (χ0v) is 15.5. The predicted octanol–water partition coefficient (Wildman–Crippen LogP) is 2.79. The number of carbonyl (C=O) groups excluding carboxylic acids is 1. The molecule has 6 fully saturated rings. The lowest BCUT2D eigenvalue weighted by Crippen LogP contribution is -2.53. The third kappa shape index (κ3) is 2.78. The number of carbonyl (C=O) groups is 2. The molecule has 2 saturated heterocycles. The number of nitrogens with zero attached hydrogens (tertiary/aromatic N) is 1. The van der Waals surface area contributed by atoms with Crippen LogP contribution in [0.15, 0.2) is 0 Å². The number of likely N-dealkylation sites (tertiary alicyclic amines) is 1. The number of hydrogen-bond donors (Lipinski definition) is 1. The van der Waals surface area contributed by atoms with E-state index < -0.39 is 5.97 Å². The lowest BCUT2D eigenvalue weighted by Gasteiger charge is -2.54. The van der Waals surface area contributed by atoms with Gasteiger partial charge in [-0.15, -0.1) is 0 Å². The molecule has 26 heavy (non-hydrogen) atoms. The Morgan fingerprint density at radius 2 is 1.46 bits per heavy atom. The third-order valence-electron chi connectivity index (χ3n) is 8.28. The minimum atomic E-state index is -0.723. The van der Waals surface area contributed by atoms with Crippen LogP contribution in [0.3, 0.4) is 0 Å². The monoisotopic (exact) mass is 361 g/mol. The molecule has 1 N–H and O–H groups in total. The summed E-state index contributed by atoms with van der Waals surface area (Å²) in [5.41, 5.74) is 0. The van der Waals surface area contributed by atoms with Crippen LogP contribution in [0.1, 0.15) is 51.4 Å². The van der Waals surface area contributed by atoms with Crippen LogP contribution in [0.25, 0.3) is 0 Å². The van der Waals surface area contributed by atoms with Gasteiger partial charge in [0.2, 0.25) is 5.91 Å². The van der Waals surface area contributed by atoms with Gasteiger partial charge in [-0.05, 0) is 81.0 Å². The van der Waals surface area contributed by atoms with Crippen molar-refractivity contribution in [3.05, 3.63) is 0 Å². The normalized spacial score (nSPS) is 45.2. The highest BCUT2D eigenvalue weighted by molar-refractivity contribution is 5.80. The average molecular weight is 361 g/mol. The highest BCUT2D eigenvalue weighted by Crippen LogP contribution is 2.57. The van der Waals surface area contributed by atoms with Crippen LogP contribution in [0, 0.1) is 41.4 Å². The van der Waals surface area contributed by atoms with Crippen molar-refractivity contribution in [2.24, 2.45) is 41.4 Å². The molecule has 0 aromatic carbocycles. The van der Waals surface area contributed by atoms with Crippen molar-refractivity contribution in [2.45, 2.75) is 57.5 Å². The number of hydrogen-bond acceptors (Lipinski definition) is 3. The molecule has 4 aliphatic carbocycles. The van der Waals surface area contributed by atoms with E-state index in [0.717, 1.165) is 37.8 Å². The quantitative estimate of drug-likeness (QED) is 0.839. The molecule has 2 heterocycles. The highest BCUT2D eigenvalue weighted by Gasteiger charge is 2.52. The Bertz CT molecular complexity index is 555. The molecule has 4 saturated carbocycles. The Hall–Kier alpha value is -1.10. The van der Waals surface area contributed by atoms with E-state index >= 15 is 0 Å². The molecule has 0 radical (unpaired) electrons. The summed E-state index contributed by atoms with van der Waals surface area (Å²) in [4.78, 5) is 26.8. The number of rotatable bonds is 3. The Balaban J connectivity index is 1.21. The summed E-state index contributed by atoms with van der Waals surface area (Å²) in [6.07, 6.45) is 8.85. The molecule has 1 unspecified atom stereocenters. The summed E-state index contributed by atoms with van der Waals surface area (Å²) in [6, 6.07) is 0. The van der Waals surface area contributed by atoms with Gasteiger partial charge in [-0.3, -0.25) is 9.59 Å². The minimum absolute atomic E-state index is 0.147. The fourth-order valence-corrected chi connectivity index (χ4v) is 7.33. The van der Waals surface area contributed by atoms with E-state index in [2.05, 4.69) is 4.90 Å². The highest BCUT2D eigenvalue weighted by atomic mass is 16.5. The maximum absolute atomic E-state index is 13.3. The van der Waals surface area contributed by atoms with Gasteiger partial charge in [0.1, 0.15) is 0 Å². The number of piperidine rings is 1. The van der Waals surface area contributed by atoms with Crippen LogP contribution >= 0.6 is 0 Å². The van der Waals surface area contributed by atoms with Crippen molar-refractivity contribution < 1.29 is 19.4 Å². The van der Waals surface area contributed by atoms with Crippen LogP contribution < -0.4 is 0 Å². The van der Waals surface area contributed by atoms with E-state index in [9.17, 15) is 14.7 Å². The Morgan fingerprint density at radius 1 is 0.846 bits per heavy atom. The van der Waals surface area contributed by atoms with Crippen molar-refractivity contribution in [3.63, 3.8) is 0 Å². The first-order valence-electron chi connectivity index (χ1n) is 10.7. The van der Waals surface area contributed by atoms with Crippen LogP contribution in [-0.2, 0) is 14.3 Å². The van der Waals surface area contributed by atoms with E-state index in [1.165, 1.54) is 32.1 Å². The van der Waals surface area contributed by atoms with E-state index in [1.54, 1.807) is 0 Å². The maximum Gasteiger partial charge on any atom is 0.309 e. The van der Waals surface area contributed by atoms with E-state index in [4.69, 9.17) is 4.74 Å². The number of carboxylic acid groups (broad SMARTS) is 1. The summed E-state index contributed by atoms with van der Waals surface area (Å²) in [5, 5.41) is 9.40. The van der Waals surface area contributed by atoms with Gasteiger partial charge in [0.25, 0.3) is 0 Å². The van der Waals surface area contributed by atoms with Crippen LogP contribution in [0.2, 0.25) is 0 Å². The number of amides is 1. The summed E-state index contributed by atoms with van der Waals surface area (Å²) < 4.78 is 5.77. The van der Waals surface area contributed by atoms with Crippen molar-refractivity contribution in [3.8, 4) is 0 Å². The standard InChI is InChI=1S/C21H31NO4/c23-20(18-15-8-12-7-13(10-15)11-16(18)9-12)22-4-1-14(2-5-22)19-17(21(24)25)3-6-26-19/h12-19H,1-11H2,(H,24,25)/t12?,13?,15?,16?,17?,18?,19-/m0/s1. The molecular formula is C21H31NO4. The molecule has 2 aliphatic heterocycles. The van der Waals surface area contributed by atoms with E-state index in [0.29, 0.717) is 36.7 Å². The molecule has 5 nitrogen and oxygen atoms in total. The molecule has 6 aliphatic rings. The smallest absolute Gasteiger partial charge is 0.309 e. The minimum Gasteiger partial charge on any atom is -0.481 e. The molecular weight excluding hydrogens is 330 g/mol. The molecule has 2 atom stereocenters. The second-order valence-corrected chi connectivity index (χ2v) is 9.69. The molecule has 1 amide bonds. The van der Waals surface area contributed by atoms with Crippen molar-refractivity contribution in [1.29, 1.82) is 0 Å². The van der Waals surface area contributed by atoms with Gasteiger partial charge >= 0.3 is 5.97 Å². The van der Waals surface area contributed by atoms with E-state index in [1.807, 2.05) is 0 Å². The molecule has 144 valence electrons. The van der Waals surface area contributed by atoms with Crippen molar-refractivity contribution in [2.75, 3.05) is 19.7 Å². The van der Waals surface area contributed by atoms with Crippen molar-refractivity contribution in [1.82, 2.24) is 4.90 Å². The number of ether oxygens (including phenoxy) is 1. The van der Waals surface area contributed by atoms with Crippen LogP contribution in [0.5, 0.6) is 0 Å². The lowest BCUT2D eigenvalue weighted by molar-refractivity contribution is -0.152. The molecule has 6 rings (SSSR count). The van der Waals surface area contributed by atoms with Gasteiger partial charge < -0.3 is 14.7 Å². The van der Waals surface area contributed by atoms with Gasteiger partial charge in [-0.1, -0.05) is 0 Å². The number of aliphatic carboxylic acids is 1. The molecule has 0 aromatic rings. The molecule has 0 spiro atoms. The lowest BCUT2D eigenvalue weighted by atomic mass is 9.51. The van der Waals surface area contributed by atoms with Gasteiger partial charge in [-0.2, -0.15) is 0 Å². The first kappa shape index (κ1) is 17.0. The summed E-state index contributed by atoms with van der Waals surface area (Å²) >= 11 is 0. The Labute approximate surface area is 155 Å². The second kappa shape index (κ2) is 6.50. The van der Waals surface area contributed by atoms with Gasteiger partial charge in [0, 0.05) is 25.6 Å². The van der Waals surface area contributed by atoms with Crippen LogP contribution in [-0.4, -0.2) is 47.7 Å². The third-order valence-corrected chi connectivity index (χ3v) is 8.28. The fraction of sp³-hybridized carbons (Fsp3) is 0.905. The summed E-state index contributed by atoms with van der Waals surface area (Å²) in [7, 11) is 0. The average Bonchev–Trinajstić information content (AvgIpc) is 3.11. The van der Waals surface area contributed by atoms with Crippen molar-refractivity contribution >= 4 is 11.9 Å². The first-order valence-corrected chi connectivity index (χ1v) is 10.7. The second-order valence-electron chi connectivity index (χ2n) is 9.69. The number of carboxylic acids is 1. The first-order chi connectivity index (χ1) is 12.6. The zero-order valence-electron chi connectivity index (χ0n) is 15.5. The predicted molar refractivity (Wildman–Crippen MR) is 95.3 cm³/mol. The summed E-state index contributed by atoms with van der Waals surface area (Å²) in [6.45, 7) is 2.14. The maximum atomic E-state index is 13.3. The largest absolute Gasteiger partial charge is 0.481 e. The zero-order chi connectivity index (χ0) is 17.8. The van der Waals surface area contributed by atoms with Crippen LogP contribution in [0.4, 0.5) is 0 Å². The molecule has 4 bridgehead atoms. The SMILES string of the molecule is O=C(O)C1CCO[C@H]1C1CCN(C(=O)C2C3CC4CC(C3)CC2C4)CC1. The topological polar surface area (TPSA) is 66.8 Å². The van der Waals surface area contributed by atoms with E-state index in [-0.39, 0.29) is 17.9 Å². The molecule has 0 aromatic heterocycles. The van der Waals surface area contributed by atoms with Gasteiger partial charge in [-0.25, -0.2) is 0 Å². The Kier molecular flexibility index (Phi) is 4.26. The fourth-order valence-electron chi connectivity index (χ4n) is 7.33. The Morgan fingerprint density at radius 3 is 2.04 bits per heavy atom. The summed E-state index contributed by atoms with van der Waals surface area (Å²) in [5.74, 6) is 3.01. The van der Waals surface area contributed by atoms with Gasteiger partial charge in [0.15, 0.2) is 0 Å².